The first-order chi connectivity index (χ1) is 13.5. The van der Waals surface area contributed by atoms with Gasteiger partial charge < -0.3 is 9.80 Å². The summed E-state index contributed by atoms with van der Waals surface area (Å²) in [6, 6.07) is 14.3. The fourth-order valence-electron chi connectivity index (χ4n) is 3.99. The highest BCUT2D eigenvalue weighted by molar-refractivity contribution is 6.06. The van der Waals surface area contributed by atoms with Crippen molar-refractivity contribution < 1.29 is 9.18 Å². The van der Waals surface area contributed by atoms with Crippen LogP contribution in [-0.4, -0.2) is 36.5 Å². The maximum atomic E-state index is 13.4. The Hall–Kier alpha value is -2.20. The first-order valence-electron chi connectivity index (χ1n) is 10.4. The number of hydrogen-bond donors (Lipinski definition) is 0. The van der Waals surface area contributed by atoms with Gasteiger partial charge in [-0.25, -0.2) is 4.39 Å². The largest absolute Gasteiger partial charge is 0.305 e. The molecule has 0 unspecified atom stereocenters. The monoisotopic (exact) mass is 382 g/mol. The van der Waals surface area contributed by atoms with E-state index in [-0.39, 0.29) is 17.8 Å². The van der Waals surface area contributed by atoms with Crippen LogP contribution in [0.5, 0.6) is 0 Å². The number of carbonyl (C=O) groups excluding carboxylic acids is 1. The van der Waals surface area contributed by atoms with Gasteiger partial charge in [-0.1, -0.05) is 32.9 Å². The number of halogens is 1. The number of nitrogens with zero attached hydrogens (tertiary/aromatic N) is 2. The lowest BCUT2D eigenvalue weighted by atomic mass is 9.99. The molecule has 28 heavy (non-hydrogen) atoms. The van der Waals surface area contributed by atoms with E-state index in [1.54, 1.807) is 12.1 Å². The van der Waals surface area contributed by atoms with Crippen LogP contribution < -0.4 is 4.90 Å². The minimum Gasteiger partial charge on any atom is -0.305 e. The second-order valence-corrected chi connectivity index (χ2v) is 8.13. The van der Waals surface area contributed by atoms with Gasteiger partial charge in [0.15, 0.2) is 0 Å². The third kappa shape index (κ3) is 4.99. The zero-order valence-electron chi connectivity index (χ0n) is 17.2. The van der Waals surface area contributed by atoms with Crippen molar-refractivity contribution in [2.45, 2.75) is 46.1 Å². The molecule has 0 aliphatic carbocycles. The highest BCUT2D eigenvalue weighted by Gasteiger charge is 2.30. The van der Waals surface area contributed by atoms with E-state index in [0.717, 1.165) is 44.6 Å². The molecule has 4 heteroatoms. The number of anilines is 1. The lowest BCUT2D eigenvalue weighted by molar-refractivity contribution is 0.0957. The van der Waals surface area contributed by atoms with Gasteiger partial charge in [-0.2, -0.15) is 0 Å². The Balaban J connectivity index is 1.84. The molecule has 1 heterocycles. The molecule has 1 saturated heterocycles. The van der Waals surface area contributed by atoms with Crippen molar-refractivity contribution in [2.75, 3.05) is 24.5 Å². The van der Waals surface area contributed by atoms with Crippen LogP contribution in [0.1, 0.15) is 49.5 Å². The van der Waals surface area contributed by atoms with Crippen molar-refractivity contribution in [3.8, 4) is 0 Å². The molecular weight excluding hydrogens is 351 g/mol. The minimum absolute atomic E-state index is 0.0495. The maximum Gasteiger partial charge on any atom is 0.258 e. The van der Waals surface area contributed by atoms with Gasteiger partial charge in [0.2, 0.25) is 0 Å². The number of carbonyl (C=O) groups is 1. The predicted octanol–water partition coefficient (Wildman–Crippen LogP) is 5.16. The maximum absolute atomic E-state index is 13.4. The van der Waals surface area contributed by atoms with E-state index in [1.807, 2.05) is 17.0 Å². The van der Waals surface area contributed by atoms with E-state index in [4.69, 9.17) is 0 Å². The lowest BCUT2D eigenvalue weighted by Crippen LogP contribution is -2.48. The molecule has 0 spiro atoms. The standard InChI is InChI=1S/C24H31FN2O/c1-4-19-5-11-22(12-6-19)27(24(28)20-7-9-21(25)10-8-20)23-13-15-26(16-14-23)17-18(2)3/h5-12,18,23H,4,13-17H2,1-3H3. The fourth-order valence-corrected chi connectivity index (χ4v) is 3.99. The molecule has 2 aromatic rings. The molecule has 0 aromatic heterocycles. The second-order valence-electron chi connectivity index (χ2n) is 8.13. The van der Waals surface area contributed by atoms with Crippen LogP contribution in [0.4, 0.5) is 10.1 Å². The average molecular weight is 383 g/mol. The van der Waals surface area contributed by atoms with E-state index in [9.17, 15) is 9.18 Å². The molecule has 1 aliphatic rings. The fraction of sp³-hybridized carbons (Fsp3) is 0.458. The van der Waals surface area contributed by atoms with Crippen molar-refractivity contribution in [3.63, 3.8) is 0 Å². The highest BCUT2D eigenvalue weighted by Crippen LogP contribution is 2.27. The van der Waals surface area contributed by atoms with Crippen molar-refractivity contribution in [3.05, 3.63) is 65.5 Å². The summed E-state index contributed by atoms with van der Waals surface area (Å²) in [5.41, 5.74) is 2.71. The van der Waals surface area contributed by atoms with Crippen molar-refractivity contribution in [1.29, 1.82) is 0 Å². The van der Waals surface area contributed by atoms with Crippen molar-refractivity contribution in [2.24, 2.45) is 5.92 Å². The quantitative estimate of drug-likeness (QED) is 0.689. The van der Waals surface area contributed by atoms with Gasteiger partial charge in [-0.3, -0.25) is 4.79 Å². The third-order valence-electron chi connectivity index (χ3n) is 5.48. The highest BCUT2D eigenvalue weighted by atomic mass is 19.1. The number of likely N-dealkylation sites (tertiary alicyclic amines) is 1. The smallest absolute Gasteiger partial charge is 0.258 e. The molecule has 0 bridgehead atoms. The van der Waals surface area contributed by atoms with E-state index in [2.05, 4.69) is 37.8 Å². The van der Waals surface area contributed by atoms with Crippen molar-refractivity contribution >= 4 is 11.6 Å². The van der Waals surface area contributed by atoms with Gasteiger partial charge in [0.1, 0.15) is 5.82 Å². The number of amides is 1. The normalized spacial score (nSPS) is 15.8. The molecular formula is C24H31FN2O. The summed E-state index contributed by atoms with van der Waals surface area (Å²) in [5, 5.41) is 0. The van der Waals surface area contributed by atoms with Crippen LogP contribution in [0.25, 0.3) is 0 Å². The molecule has 2 aromatic carbocycles. The first-order valence-corrected chi connectivity index (χ1v) is 10.4. The molecule has 3 nitrogen and oxygen atoms in total. The predicted molar refractivity (Wildman–Crippen MR) is 113 cm³/mol. The summed E-state index contributed by atoms with van der Waals surface area (Å²) < 4.78 is 13.3. The molecule has 0 radical (unpaired) electrons. The Morgan fingerprint density at radius 1 is 1.07 bits per heavy atom. The van der Waals surface area contributed by atoms with Gasteiger partial charge in [-0.15, -0.1) is 0 Å². The first kappa shape index (κ1) is 20.5. The molecule has 0 N–H and O–H groups in total. The van der Waals surface area contributed by atoms with Crippen LogP contribution in [0.2, 0.25) is 0 Å². The van der Waals surface area contributed by atoms with Crippen molar-refractivity contribution in [1.82, 2.24) is 4.90 Å². The van der Waals surface area contributed by atoms with E-state index < -0.39 is 0 Å². The molecule has 1 aliphatic heterocycles. The summed E-state index contributed by atoms with van der Waals surface area (Å²) in [6.07, 6.45) is 2.88. The third-order valence-corrected chi connectivity index (χ3v) is 5.48. The molecule has 0 atom stereocenters. The Morgan fingerprint density at radius 3 is 2.21 bits per heavy atom. The van der Waals surface area contributed by atoms with Crippen LogP contribution in [-0.2, 0) is 6.42 Å². The molecule has 1 fully saturated rings. The lowest BCUT2D eigenvalue weighted by Gasteiger charge is -2.39. The van der Waals surface area contributed by atoms with E-state index in [1.165, 1.54) is 17.7 Å². The zero-order chi connectivity index (χ0) is 20.1. The van der Waals surface area contributed by atoms with Gasteiger partial charge in [0.05, 0.1) is 0 Å². The Morgan fingerprint density at radius 2 is 1.68 bits per heavy atom. The number of hydrogen-bond acceptors (Lipinski definition) is 2. The summed E-state index contributed by atoms with van der Waals surface area (Å²) in [7, 11) is 0. The van der Waals surface area contributed by atoms with Crippen LogP contribution >= 0.6 is 0 Å². The molecule has 150 valence electrons. The number of rotatable bonds is 6. The Labute approximate surface area is 168 Å². The Bertz CT molecular complexity index is 762. The van der Waals surface area contributed by atoms with Gasteiger partial charge in [-0.05, 0) is 67.1 Å². The van der Waals surface area contributed by atoms with Crippen LogP contribution in [0.3, 0.4) is 0 Å². The summed E-state index contributed by atoms with van der Waals surface area (Å²) in [5.74, 6) is 0.277. The van der Waals surface area contributed by atoms with E-state index >= 15 is 0 Å². The average Bonchev–Trinajstić information content (AvgIpc) is 2.70. The van der Waals surface area contributed by atoms with Gasteiger partial charge in [0.25, 0.3) is 5.91 Å². The molecule has 1 amide bonds. The second kappa shape index (κ2) is 9.33. The summed E-state index contributed by atoms with van der Waals surface area (Å²) in [4.78, 5) is 17.8. The SMILES string of the molecule is CCc1ccc(N(C(=O)c2ccc(F)cc2)C2CCN(CC(C)C)CC2)cc1. The minimum atomic E-state index is -0.322. The Kier molecular flexibility index (Phi) is 6.84. The number of aryl methyl sites for hydroxylation is 1. The summed E-state index contributed by atoms with van der Waals surface area (Å²) >= 11 is 0. The zero-order valence-corrected chi connectivity index (χ0v) is 17.2. The molecule has 3 rings (SSSR count). The summed E-state index contributed by atoms with van der Waals surface area (Å²) in [6.45, 7) is 9.72. The van der Waals surface area contributed by atoms with E-state index in [0.29, 0.717) is 11.5 Å². The van der Waals surface area contributed by atoms with Gasteiger partial charge in [0, 0.05) is 36.9 Å². The van der Waals surface area contributed by atoms with Crippen LogP contribution in [0, 0.1) is 11.7 Å². The topological polar surface area (TPSA) is 23.6 Å². The van der Waals surface area contributed by atoms with Gasteiger partial charge >= 0.3 is 0 Å². The number of piperidine rings is 1. The number of benzene rings is 2. The molecule has 0 saturated carbocycles. The van der Waals surface area contributed by atoms with Crippen LogP contribution in [0.15, 0.2) is 48.5 Å².